The Morgan fingerprint density at radius 1 is 1.16 bits per heavy atom. The second kappa shape index (κ2) is 5.28. The zero-order valence-corrected chi connectivity index (χ0v) is 11.3. The van der Waals surface area contributed by atoms with Crippen LogP contribution >= 0.6 is 11.3 Å². The van der Waals surface area contributed by atoms with Crippen LogP contribution in [-0.4, -0.2) is 11.5 Å². The van der Waals surface area contributed by atoms with Crippen LogP contribution in [0.4, 0.5) is 11.4 Å². The fraction of sp³-hybridized carbons (Fsp3) is 0.133. The molecule has 0 saturated carbocycles. The molecule has 0 aliphatic carbocycles. The van der Waals surface area contributed by atoms with Gasteiger partial charge in [-0.15, -0.1) is 0 Å². The standard InChI is InChI=1S/C15H15N3S/c16-14-1-2-15(12-4-6-17-9-13(12)14)18-7-3-11-5-8-19-10-11/h1-2,4-6,8-10,18H,3,7,16H2. The minimum atomic E-state index is 0.770. The van der Waals surface area contributed by atoms with E-state index in [1.165, 1.54) is 5.56 Å². The Balaban J connectivity index is 1.79. The topological polar surface area (TPSA) is 50.9 Å². The Labute approximate surface area is 116 Å². The SMILES string of the molecule is Nc1ccc(NCCc2ccsc2)c2ccncc12. The van der Waals surface area contributed by atoms with Crippen molar-refractivity contribution in [3.8, 4) is 0 Å². The fourth-order valence-corrected chi connectivity index (χ4v) is 2.85. The lowest BCUT2D eigenvalue weighted by Crippen LogP contribution is -2.05. The molecule has 2 heterocycles. The van der Waals surface area contributed by atoms with Crippen molar-refractivity contribution in [2.75, 3.05) is 17.6 Å². The first kappa shape index (κ1) is 12.0. The molecule has 3 aromatic rings. The van der Waals surface area contributed by atoms with Gasteiger partial charge in [0.05, 0.1) is 0 Å². The predicted octanol–water partition coefficient (Wildman–Crippen LogP) is 3.53. The van der Waals surface area contributed by atoms with E-state index < -0.39 is 0 Å². The molecule has 0 aliphatic rings. The Kier molecular flexibility index (Phi) is 3.33. The molecule has 0 atom stereocenters. The highest BCUT2D eigenvalue weighted by Crippen LogP contribution is 2.27. The van der Waals surface area contributed by atoms with Gasteiger partial charge in [-0.25, -0.2) is 0 Å². The Morgan fingerprint density at radius 3 is 2.95 bits per heavy atom. The van der Waals surface area contributed by atoms with Crippen molar-refractivity contribution >= 4 is 33.5 Å². The van der Waals surface area contributed by atoms with Gasteiger partial charge in [-0.3, -0.25) is 4.98 Å². The second-order valence-corrected chi connectivity index (χ2v) is 5.21. The van der Waals surface area contributed by atoms with E-state index in [1.54, 1.807) is 17.5 Å². The summed E-state index contributed by atoms with van der Waals surface area (Å²) in [6, 6.07) is 8.12. The van der Waals surface area contributed by atoms with Crippen LogP contribution in [-0.2, 0) is 6.42 Å². The number of rotatable bonds is 4. The van der Waals surface area contributed by atoms with Gasteiger partial charge in [-0.2, -0.15) is 11.3 Å². The van der Waals surface area contributed by atoms with Crippen molar-refractivity contribution in [3.63, 3.8) is 0 Å². The normalized spacial score (nSPS) is 10.7. The molecule has 0 fully saturated rings. The van der Waals surface area contributed by atoms with Crippen LogP contribution < -0.4 is 11.1 Å². The number of fused-ring (bicyclic) bond motifs is 1. The summed E-state index contributed by atoms with van der Waals surface area (Å²) in [6.07, 6.45) is 4.64. The van der Waals surface area contributed by atoms with E-state index in [0.717, 1.165) is 35.1 Å². The number of benzene rings is 1. The molecule has 0 radical (unpaired) electrons. The summed E-state index contributed by atoms with van der Waals surface area (Å²) in [5.41, 5.74) is 9.22. The Bertz CT molecular complexity index is 677. The number of pyridine rings is 1. The lowest BCUT2D eigenvalue weighted by atomic mass is 10.1. The van der Waals surface area contributed by atoms with Gasteiger partial charge < -0.3 is 11.1 Å². The summed E-state index contributed by atoms with van der Waals surface area (Å²) in [5.74, 6) is 0. The second-order valence-electron chi connectivity index (χ2n) is 4.43. The third-order valence-electron chi connectivity index (χ3n) is 3.16. The zero-order chi connectivity index (χ0) is 13.1. The number of hydrogen-bond donors (Lipinski definition) is 2. The van der Waals surface area contributed by atoms with Crippen molar-refractivity contribution in [2.45, 2.75) is 6.42 Å². The molecular formula is C15H15N3S. The van der Waals surface area contributed by atoms with Crippen LogP contribution in [0.2, 0.25) is 0 Å². The highest BCUT2D eigenvalue weighted by molar-refractivity contribution is 7.07. The molecule has 0 bridgehead atoms. The van der Waals surface area contributed by atoms with Crippen molar-refractivity contribution in [1.29, 1.82) is 0 Å². The average molecular weight is 269 g/mol. The van der Waals surface area contributed by atoms with Gasteiger partial charge in [-0.1, -0.05) is 0 Å². The van der Waals surface area contributed by atoms with Gasteiger partial charge in [0.2, 0.25) is 0 Å². The highest BCUT2D eigenvalue weighted by Gasteiger charge is 2.03. The minimum absolute atomic E-state index is 0.770. The summed E-state index contributed by atoms with van der Waals surface area (Å²) in [4.78, 5) is 4.13. The van der Waals surface area contributed by atoms with Crippen molar-refractivity contribution in [1.82, 2.24) is 4.98 Å². The molecule has 0 amide bonds. The summed E-state index contributed by atoms with van der Waals surface area (Å²) >= 11 is 1.74. The maximum Gasteiger partial charge on any atom is 0.0422 e. The van der Waals surface area contributed by atoms with E-state index in [4.69, 9.17) is 5.73 Å². The quantitative estimate of drug-likeness (QED) is 0.712. The maximum atomic E-state index is 5.96. The van der Waals surface area contributed by atoms with Crippen LogP contribution in [0.15, 0.2) is 47.4 Å². The third kappa shape index (κ3) is 2.53. The molecule has 0 spiro atoms. The zero-order valence-electron chi connectivity index (χ0n) is 10.5. The van der Waals surface area contributed by atoms with E-state index in [9.17, 15) is 0 Å². The van der Waals surface area contributed by atoms with E-state index in [2.05, 4.69) is 27.1 Å². The molecule has 0 aliphatic heterocycles. The van der Waals surface area contributed by atoms with E-state index in [-0.39, 0.29) is 0 Å². The maximum absolute atomic E-state index is 5.96. The number of nitrogens with zero attached hydrogens (tertiary/aromatic N) is 1. The molecule has 3 N–H and O–H groups in total. The minimum Gasteiger partial charge on any atom is -0.398 e. The molecule has 1 aromatic carbocycles. The summed E-state index contributed by atoms with van der Waals surface area (Å²) in [7, 11) is 0. The number of anilines is 2. The van der Waals surface area contributed by atoms with Crippen LogP contribution in [0.1, 0.15) is 5.56 Å². The van der Waals surface area contributed by atoms with Crippen LogP contribution in [0, 0.1) is 0 Å². The monoisotopic (exact) mass is 269 g/mol. The van der Waals surface area contributed by atoms with Crippen molar-refractivity contribution in [3.05, 3.63) is 53.0 Å². The first-order valence-corrected chi connectivity index (χ1v) is 7.16. The highest BCUT2D eigenvalue weighted by atomic mass is 32.1. The lowest BCUT2D eigenvalue weighted by Gasteiger charge is -2.10. The van der Waals surface area contributed by atoms with E-state index >= 15 is 0 Å². The van der Waals surface area contributed by atoms with Gasteiger partial charge in [0, 0.05) is 41.1 Å². The number of nitrogens with one attached hydrogen (secondary N) is 1. The summed E-state index contributed by atoms with van der Waals surface area (Å²) in [6.45, 7) is 0.915. The van der Waals surface area contributed by atoms with E-state index in [0.29, 0.717) is 0 Å². The van der Waals surface area contributed by atoms with Crippen LogP contribution in [0.3, 0.4) is 0 Å². The molecule has 2 aromatic heterocycles. The van der Waals surface area contributed by atoms with Gasteiger partial charge in [0.1, 0.15) is 0 Å². The molecule has 0 saturated heterocycles. The number of thiophene rings is 1. The van der Waals surface area contributed by atoms with Crippen LogP contribution in [0.25, 0.3) is 10.8 Å². The Morgan fingerprint density at radius 2 is 2.11 bits per heavy atom. The molecule has 3 nitrogen and oxygen atoms in total. The smallest absolute Gasteiger partial charge is 0.0422 e. The lowest BCUT2D eigenvalue weighted by molar-refractivity contribution is 1.03. The third-order valence-corrected chi connectivity index (χ3v) is 3.89. The first-order chi connectivity index (χ1) is 9.34. The number of nitrogens with two attached hydrogens (primary N) is 1. The largest absolute Gasteiger partial charge is 0.398 e. The number of aromatic nitrogens is 1. The Hall–Kier alpha value is -2.07. The number of hydrogen-bond acceptors (Lipinski definition) is 4. The molecular weight excluding hydrogens is 254 g/mol. The predicted molar refractivity (Wildman–Crippen MR) is 82.7 cm³/mol. The van der Waals surface area contributed by atoms with Crippen molar-refractivity contribution in [2.24, 2.45) is 0 Å². The van der Waals surface area contributed by atoms with Gasteiger partial charge in [0.15, 0.2) is 0 Å². The first-order valence-electron chi connectivity index (χ1n) is 6.22. The molecule has 4 heteroatoms. The fourth-order valence-electron chi connectivity index (χ4n) is 2.14. The van der Waals surface area contributed by atoms with Gasteiger partial charge in [-0.05, 0) is 47.0 Å². The summed E-state index contributed by atoms with van der Waals surface area (Å²) in [5, 5.41) is 9.90. The molecule has 3 rings (SSSR count). The number of nitrogen functional groups attached to an aromatic ring is 1. The van der Waals surface area contributed by atoms with Crippen molar-refractivity contribution < 1.29 is 0 Å². The van der Waals surface area contributed by atoms with E-state index in [1.807, 2.05) is 24.4 Å². The summed E-state index contributed by atoms with van der Waals surface area (Å²) < 4.78 is 0. The molecule has 19 heavy (non-hydrogen) atoms. The average Bonchev–Trinajstić information content (AvgIpc) is 2.95. The molecule has 96 valence electrons. The van der Waals surface area contributed by atoms with Gasteiger partial charge >= 0.3 is 0 Å². The van der Waals surface area contributed by atoms with Crippen LogP contribution in [0.5, 0.6) is 0 Å². The molecule has 0 unspecified atom stereocenters. The van der Waals surface area contributed by atoms with Gasteiger partial charge in [0.25, 0.3) is 0 Å².